The smallest absolute Gasteiger partial charge is 0.241 e. The van der Waals surface area contributed by atoms with E-state index in [4.69, 9.17) is 4.74 Å². The van der Waals surface area contributed by atoms with Crippen LogP contribution in [0.3, 0.4) is 0 Å². The van der Waals surface area contributed by atoms with E-state index in [1.807, 2.05) is 48.5 Å². The molecular weight excluding hydrogens is 431 g/mol. The van der Waals surface area contributed by atoms with Gasteiger partial charge < -0.3 is 10.1 Å². The lowest BCUT2D eigenvalue weighted by atomic mass is 10.0. The first kappa shape index (κ1) is 23.4. The molecule has 32 heavy (non-hydrogen) atoms. The summed E-state index contributed by atoms with van der Waals surface area (Å²) in [6, 6.07) is 19.3. The number of benzene rings is 3. The normalized spacial score (nSPS) is 13.2. The van der Waals surface area contributed by atoms with E-state index in [0.717, 1.165) is 35.4 Å². The summed E-state index contributed by atoms with van der Waals surface area (Å²) >= 11 is 0. The molecule has 0 saturated heterocycles. The minimum Gasteiger partial charge on any atom is -0.496 e. The molecule has 0 unspecified atom stereocenters. The monoisotopic (exact) mass is 456 g/mol. The van der Waals surface area contributed by atoms with Gasteiger partial charge in [-0.1, -0.05) is 48.5 Å². The number of hydrogen-bond acceptors (Lipinski definition) is 4. The molecule has 0 fully saturated rings. The van der Waals surface area contributed by atoms with E-state index >= 15 is 0 Å². The average molecular weight is 457 g/mol. The highest BCUT2D eigenvalue weighted by Gasteiger charge is 2.27. The Morgan fingerprint density at radius 1 is 0.969 bits per heavy atom. The van der Waals surface area contributed by atoms with Gasteiger partial charge in [-0.25, -0.2) is 12.8 Å². The molecule has 3 aromatic rings. The van der Waals surface area contributed by atoms with Crippen LogP contribution < -0.4 is 14.8 Å². The van der Waals surface area contributed by atoms with Crippen LogP contribution in [0.2, 0.25) is 0 Å². The van der Waals surface area contributed by atoms with Gasteiger partial charge in [0.2, 0.25) is 15.9 Å². The van der Waals surface area contributed by atoms with Gasteiger partial charge in [0.05, 0.1) is 18.0 Å². The van der Waals surface area contributed by atoms with Crippen molar-refractivity contribution in [1.29, 1.82) is 0 Å². The summed E-state index contributed by atoms with van der Waals surface area (Å²) in [5.41, 5.74) is 1.56. The Hall–Kier alpha value is -3.23. The summed E-state index contributed by atoms with van der Waals surface area (Å²) in [6.07, 6.45) is 0.145. The van der Waals surface area contributed by atoms with Crippen LogP contribution in [0.4, 0.5) is 4.39 Å². The predicted octanol–water partition coefficient (Wildman–Crippen LogP) is 3.60. The molecule has 168 valence electrons. The first-order valence-electron chi connectivity index (χ1n) is 10.1. The first-order chi connectivity index (χ1) is 15.3. The average Bonchev–Trinajstić information content (AvgIpc) is 2.79. The Morgan fingerprint density at radius 3 is 2.25 bits per heavy atom. The van der Waals surface area contributed by atoms with Crippen LogP contribution in [-0.2, 0) is 21.2 Å². The lowest BCUT2D eigenvalue weighted by Gasteiger charge is -2.23. The Morgan fingerprint density at radius 2 is 1.59 bits per heavy atom. The number of sulfonamides is 1. The van der Waals surface area contributed by atoms with Crippen molar-refractivity contribution in [2.45, 2.75) is 30.3 Å². The second-order valence-corrected chi connectivity index (χ2v) is 9.00. The predicted molar refractivity (Wildman–Crippen MR) is 120 cm³/mol. The Balaban J connectivity index is 1.85. The maximum absolute atomic E-state index is 13.2. The van der Waals surface area contributed by atoms with E-state index in [0.29, 0.717) is 5.75 Å². The second-order valence-electron chi connectivity index (χ2n) is 7.29. The van der Waals surface area contributed by atoms with Gasteiger partial charge in [-0.05, 0) is 49.2 Å². The van der Waals surface area contributed by atoms with E-state index in [9.17, 15) is 17.6 Å². The molecule has 0 aliphatic heterocycles. The zero-order chi connectivity index (χ0) is 23.1. The molecule has 2 N–H and O–H groups in total. The highest BCUT2D eigenvalue weighted by atomic mass is 32.2. The van der Waals surface area contributed by atoms with E-state index in [1.54, 1.807) is 20.1 Å². The fourth-order valence-electron chi connectivity index (χ4n) is 3.32. The minimum atomic E-state index is -4.06. The number of methoxy groups -OCH3 is 1. The van der Waals surface area contributed by atoms with Gasteiger partial charge in [0.25, 0.3) is 0 Å². The number of para-hydroxylation sites is 1. The molecule has 0 aliphatic carbocycles. The Kier molecular flexibility index (Phi) is 7.61. The van der Waals surface area contributed by atoms with E-state index in [-0.39, 0.29) is 11.3 Å². The molecule has 0 heterocycles. The molecular formula is C24H25FN2O4S. The molecule has 1 amide bonds. The van der Waals surface area contributed by atoms with Gasteiger partial charge >= 0.3 is 0 Å². The van der Waals surface area contributed by atoms with Crippen molar-refractivity contribution in [1.82, 2.24) is 10.0 Å². The fourth-order valence-corrected chi connectivity index (χ4v) is 4.52. The number of carbonyl (C=O) groups excluding carboxylic acids is 1. The van der Waals surface area contributed by atoms with Crippen LogP contribution in [0, 0.1) is 5.82 Å². The van der Waals surface area contributed by atoms with Crippen molar-refractivity contribution in [3.05, 3.63) is 95.8 Å². The lowest BCUT2D eigenvalue weighted by molar-refractivity contribution is -0.123. The molecule has 0 spiro atoms. The van der Waals surface area contributed by atoms with Crippen molar-refractivity contribution in [3.8, 4) is 5.75 Å². The molecule has 3 rings (SSSR count). The van der Waals surface area contributed by atoms with Crippen LogP contribution >= 0.6 is 0 Å². The second kappa shape index (κ2) is 10.4. The summed E-state index contributed by atoms with van der Waals surface area (Å²) in [4.78, 5) is 13.0. The van der Waals surface area contributed by atoms with Crippen LogP contribution in [0.5, 0.6) is 5.75 Å². The number of rotatable bonds is 9. The lowest BCUT2D eigenvalue weighted by Crippen LogP contribution is -2.48. The molecule has 0 aliphatic rings. The SMILES string of the molecule is COc1ccccc1[C@H](C)NC(=O)[C@H](Cc1ccccc1)NS(=O)(=O)c1ccc(F)cc1. The molecule has 0 saturated carbocycles. The summed E-state index contributed by atoms with van der Waals surface area (Å²) < 4.78 is 46.8. The largest absolute Gasteiger partial charge is 0.496 e. The molecule has 3 aromatic carbocycles. The summed E-state index contributed by atoms with van der Waals surface area (Å²) in [5, 5.41) is 2.87. The topological polar surface area (TPSA) is 84.5 Å². The molecule has 0 radical (unpaired) electrons. The van der Waals surface area contributed by atoms with Crippen LogP contribution in [0.25, 0.3) is 0 Å². The number of carbonyl (C=O) groups is 1. The standard InChI is InChI=1S/C24H25FN2O4S/c1-17(21-10-6-7-11-23(21)31-2)26-24(28)22(16-18-8-4-3-5-9-18)27-32(29,30)20-14-12-19(25)13-15-20/h3-15,17,22,27H,16H2,1-2H3,(H,26,28)/t17-,22-/m0/s1. The zero-order valence-corrected chi connectivity index (χ0v) is 18.6. The quantitative estimate of drug-likeness (QED) is 0.515. The Bertz CT molecular complexity index is 1150. The molecule has 6 nitrogen and oxygen atoms in total. The number of ether oxygens (including phenoxy) is 1. The first-order valence-corrected chi connectivity index (χ1v) is 11.5. The van der Waals surface area contributed by atoms with Gasteiger partial charge in [-0.15, -0.1) is 0 Å². The molecule has 0 aromatic heterocycles. The molecule has 8 heteroatoms. The van der Waals surface area contributed by atoms with Gasteiger partial charge in [-0.2, -0.15) is 4.72 Å². The van der Waals surface area contributed by atoms with Crippen molar-refractivity contribution in [2.75, 3.05) is 7.11 Å². The van der Waals surface area contributed by atoms with Gasteiger partial charge in [-0.3, -0.25) is 4.79 Å². The number of halogens is 1. The maximum atomic E-state index is 13.2. The summed E-state index contributed by atoms with van der Waals surface area (Å²) in [7, 11) is -2.51. The van der Waals surface area contributed by atoms with Crippen molar-refractivity contribution in [2.24, 2.45) is 0 Å². The van der Waals surface area contributed by atoms with E-state index in [1.165, 1.54) is 0 Å². The third-order valence-corrected chi connectivity index (χ3v) is 6.47. The van der Waals surface area contributed by atoms with Crippen molar-refractivity contribution >= 4 is 15.9 Å². The molecule has 0 bridgehead atoms. The van der Waals surface area contributed by atoms with Gasteiger partial charge in [0.1, 0.15) is 17.6 Å². The van der Waals surface area contributed by atoms with E-state index < -0.39 is 33.8 Å². The highest BCUT2D eigenvalue weighted by Crippen LogP contribution is 2.24. The van der Waals surface area contributed by atoms with Gasteiger partial charge in [0, 0.05) is 5.56 Å². The highest BCUT2D eigenvalue weighted by molar-refractivity contribution is 7.89. The van der Waals surface area contributed by atoms with Crippen LogP contribution in [0.1, 0.15) is 24.1 Å². The Labute approximate surface area is 187 Å². The third kappa shape index (κ3) is 5.93. The summed E-state index contributed by atoms with van der Waals surface area (Å²) in [5.74, 6) is -0.419. The number of amides is 1. The van der Waals surface area contributed by atoms with Crippen LogP contribution in [0.15, 0.2) is 83.8 Å². The van der Waals surface area contributed by atoms with Gasteiger partial charge in [0.15, 0.2) is 0 Å². The fraction of sp³-hybridized carbons (Fsp3) is 0.208. The van der Waals surface area contributed by atoms with Crippen molar-refractivity contribution in [3.63, 3.8) is 0 Å². The third-order valence-electron chi connectivity index (χ3n) is 4.98. The maximum Gasteiger partial charge on any atom is 0.241 e. The molecule has 2 atom stereocenters. The number of nitrogens with one attached hydrogen (secondary N) is 2. The summed E-state index contributed by atoms with van der Waals surface area (Å²) in [6.45, 7) is 1.80. The van der Waals surface area contributed by atoms with Crippen LogP contribution in [-0.4, -0.2) is 27.5 Å². The minimum absolute atomic E-state index is 0.123. The zero-order valence-electron chi connectivity index (χ0n) is 17.8. The van der Waals surface area contributed by atoms with Crippen molar-refractivity contribution < 1.29 is 22.3 Å². The number of hydrogen-bond donors (Lipinski definition) is 2. The van der Waals surface area contributed by atoms with E-state index in [2.05, 4.69) is 10.0 Å².